The highest BCUT2D eigenvalue weighted by atomic mass is 32.2. The van der Waals surface area contributed by atoms with Crippen LogP contribution in [0.2, 0.25) is 0 Å². The summed E-state index contributed by atoms with van der Waals surface area (Å²) in [5.41, 5.74) is 2.11. The van der Waals surface area contributed by atoms with Gasteiger partial charge in [0.2, 0.25) is 0 Å². The first-order valence-corrected chi connectivity index (χ1v) is 7.36. The average molecular weight is 251 g/mol. The van der Waals surface area contributed by atoms with Crippen LogP contribution < -0.4 is 0 Å². The monoisotopic (exact) mass is 251 g/mol. The molecule has 1 aromatic rings. The molecule has 2 nitrogen and oxygen atoms in total. The second-order valence-corrected chi connectivity index (χ2v) is 6.23. The van der Waals surface area contributed by atoms with Crippen LogP contribution >= 0.6 is 11.8 Å². The fraction of sp³-hybridized carbons (Fsp3) is 0.643. The zero-order valence-electron chi connectivity index (χ0n) is 10.6. The molecule has 94 valence electrons. The van der Waals surface area contributed by atoms with Gasteiger partial charge in [0.05, 0.1) is 11.1 Å². The van der Waals surface area contributed by atoms with Crippen molar-refractivity contribution in [2.45, 2.75) is 62.3 Å². The van der Waals surface area contributed by atoms with E-state index in [2.05, 4.69) is 18.0 Å². The minimum absolute atomic E-state index is 0.421. The van der Waals surface area contributed by atoms with Gasteiger partial charge in [0.15, 0.2) is 0 Å². The summed E-state index contributed by atoms with van der Waals surface area (Å²) in [7, 11) is 0. The van der Waals surface area contributed by atoms with Crippen LogP contribution in [0.3, 0.4) is 0 Å². The van der Waals surface area contributed by atoms with Gasteiger partial charge in [0.25, 0.3) is 0 Å². The van der Waals surface area contributed by atoms with Crippen molar-refractivity contribution in [2.24, 2.45) is 0 Å². The Bertz CT molecular complexity index is 372. The van der Waals surface area contributed by atoms with E-state index in [1.165, 1.54) is 37.7 Å². The minimum atomic E-state index is -0.421. The first kappa shape index (κ1) is 12.9. The molecule has 0 bridgehead atoms. The van der Waals surface area contributed by atoms with E-state index in [-0.39, 0.29) is 0 Å². The molecule has 1 N–H and O–H groups in total. The summed E-state index contributed by atoms with van der Waals surface area (Å²) in [4.78, 5) is 4.50. The SMILES string of the molecule is Cc1cc([C@H](C)O)cnc1SC1CCCCC1. The van der Waals surface area contributed by atoms with Crippen LogP contribution in [0, 0.1) is 6.92 Å². The topological polar surface area (TPSA) is 33.1 Å². The predicted octanol–water partition coefficient (Wildman–Crippen LogP) is 3.87. The van der Waals surface area contributed by atoms with Crippen molar-refractivity contribution in [1.29, 1.82) is 0 Å². The molecule has 0 spiro atoms. The highest BCUT2D eigenvalue weighted by Crippen LogP contribution is 2.34. The van der Waals surface area contributed by atoms with Gasteiger partial charge in [-0.05, 0) is 43.9 Å². The highest BCUT2D eigenvalue weighted by molar-refractivity contribution is 7.99. The van der Waals surface area contributed by atoms with Crippen LogP contribution in [0.5, 0.6) is 0 Å². The van der Waals surface area contributed by atoms with Gasteiger partial charge in [0, 0.05) is 11.4 Å². The van der Waals surface area contributed by atoms with E-state index in [0.29, 0.717) is 0 Å². The second-order valence-electron chi connectivity index (χ2n) is 4.94. The van der Waals surface area contributed by atoms with E-state index in [9.17, 15) is 5.11 Å². The Hall–Kier alpha value is -0.540. The fourth-order valence-electron chi connectivity index (χ4n) is 2.28. The minimum Gasteiger partial charge on any atom is -0.389 e. The lowest BCUT2D eigenvalue weighted by Crippen LogP contribution is -2.08. The number of hydrogen-bond acceptors (Lipinski definition) is 3. The predicted molar refractivity (Wildman–Crippen MR) is 72.3 cm³/mol. The summed E-state index contributed by atoms with van der Waals surface area (Å²) in [5, 5.41) is 11.4. The van der Waals surface area contributed by atoms with Crippen LogP contribution in [0.25, 0.3) is 0 Å². The second kappa shape index (κ2) is 5.87. The molecule has 1 saturated carbocycles. The fourth-order valence-corrected chi connectivity index (χ4v) is 3.52. The van der Waals surface area contributed by atoms with Crippen LogP contribution in [0.4, 0.5) is 0 Å². The molecule has 0 aliphatic heterocycles. The molecular weight excluding hydrogens is 230 g/mol. The van der Waals surface area contributed by atoms with E-state index in [4.69, 9.17) is 0 Å². The molecule has 3 heteroatoms. The van der Waals surface area contributed by atoms with Crippen molar-refractivity contribution in [3.8, 4) is 0 Å². The number of hydrogen-bond donors (Lipinski definition) is 1. The lowest BCUT2D eigenvalue weighted by molar-refractivity contribution is 0.198. The molecule has 1 aliphatic carbocycles. The van der Waals surface area contributed by atoms with Crippen molar-refractivity contribution in [2.75, 3.05) is 0 Å². The third kappa shape index (κ3) is 3.46. The highest BCUT2D eigenvalue weighted by Gasteiger charge is 2.16. The third-order valence-corrected chi connectivity index (χ3v) is 4.82. The molecule has 0 saturated heterocycles. The van der Waals surface area contributed by atoms with Gasteiger partial charge < -0.3 is 5.11 Å². The Morgan fingerprint density at radius 3 is 2.65 bits per heavy atom. The Balaban J connectivity index is 2.05. The number of pyridine rings is 1. The average Bonchev–Trinajstić information content (AvgIpc) is 2.33. The molecule has 17 heavy (non-hydrogen) atoms. The van der Waals surface area contributed by atoms with Gasteiger partial charge in [-0.15, -0.1) is 11.8 Å². The number of nitrogens with zero attached hydrogens (tertiary/aromatic N) is 1. The first-order valence-electron chi connectivity index (χ1n) is 6.48. The smallest absolute Gasteiger partial charge is 0.0991 e. The molecule has 1 aromatic heterocycles. The first-order chi connectivity index (χ1) is 8.16. The van der Waals surface area contributed by atoms with Gasteiger partial charge in [0.1, 0.15) is 0 Å². The van der Waals surface area contributed by atoms with Crippen LogP contribution in [-0.2, 0) is 0 Å². The number of thioether (sulfide) groups is 1. The normalized spacial score (nSPS) is 19.2. The summed E-state index contributed by atoms with van der Waals surface area (Å²) < 4.78 is 0. The van der Waals surface area contributed by atoms with Crippen LogP contribution in [-0.4, -0.2) is 15.3 Å². The molecule has 0 amide bonds. The summed E-state index contributed by atoms with van der Waals surface area (Å²) in [6.45, 7) is 3.87. The van der Waals surface area contributed by atoms with Gasteiger partial charge >= 0.3 is 0 Å². The van der Waals surface area contributed by atoms with Gasteiger partial charge in [-0.2, -0.15) is 0 Å². The van der Waals surface area contributed by atoms with E-state index in [1.807, 2.05) is 18.0 Å². The Kier molecular flexibility index (Phi) is 4.46. The lowest BCUT2D eigenvalue weighted by Gasteiger charge is -2.21. The summed E-state index contributed by atoms with van der Waals surface area (Å²) in [6.07, 6.45) is 8.15. The standard InChI is InChI=1S/C14H21NOS/c1-10-8-12(11(2)16)9-15-14(10)17-13-6-4-3-5-7-13/h8-9,11,13,16H,3-7H2,1-2H3/t11-/m0/s1. The number of aliphatic hydroxyl groups is 1. The van der Waals surface area contributed by atoms with Gasteiger partial charge in [-0.1, -0.05) is 19.3 Å². The van der Waals surface area contributed by atoms with Gasteiger partial charge in [-0.25, -0.2) is 4.98 Å². The molecule has 1 fully saturated rings. The van der Waals surface area contributed by atoms with E-state index < -0.39 is 6.10 Å². The maximum Gasteiger partial charge on any atom is 0.0991 e. The Labute approximate surface area is 108 Å². The van der Waals surface area contributed by atoms with Crippen LogP contribution in [0.1, 0.15) is 56.3 Å². The molecule has 1 heterocycles. The van der Waals surface area contributed by atoms with Crippen molar-refractivity contribution in [3.63, 3.8) is 0 Å². The molecule has 0 aromatic carbocycles. The Morgan fingerprint density at radius 2 is 2.06 bits per heavy atom. The zero-order chi connectivity index (χ0) is 12.3. The van der Waals surface area contributed by atoms with Crippen molar-refractivity contribution in [1.82, 2.24) is 4.98 Å². The number of aliphatic hydroxyl groups excluding tert-OH is 1. The van der Waals surface area contributed by atoms with Crippen molar-refractivity contribution >= 4 is 11.8 Å². The summed E-state index contributed by atoms with van der Waals surface area (Å²) >= 11 is 1.92. The molecular formula is C14H21NOS. The molecule has 1 atom stereocenters. The van der Waals surface area contributed by atoms with Gasteiger partial charge in [-0.3, -0.25) is 0 Å². The summed E-state index contributed by atoms with van der Waals surface area (Å²) in [6, 6.07) is 2.06. The maximum atomic E-state index is 9.51. The van der Waals surface area contributed by atoms with Crippen molar-refractivity contribution < 1.29 is 5.11 Å². The Morgan fingerprint density at radius 1 is 1.35 bits per heavy atom. The molecule has 1 aliphatic rings. The number of rotatable bonds is 3. The summed E-state index contributed by atoms with van der Waals surface area (Å²) in [5.74, 6) is 0. The molecule has 0 radical (unpaired) electrons. The quantitative estimate of drug-likeness (QED) is 0.885. The number of aryl methyl sites for hydroxylation is 1. The zero-order valence-corrected chi connectivity index (χ0v) is 11.5. The molecule has 2 rings (SSSR count). The number of aromatic nitrogens is 1. The van der Waals surface area contributed by atoms with Crippen molar-refractivity contribution in [3.05, 3.63) is 23.4 Å². The lowest BCUT2D eigenvalue weighted by atomic mass is 10.0. The third-order valence-electron chi connectivity index (χ3n) is 3.36. The van der Waals surface area contributed by atoms with E-state index in [0.717, 1.165) is 15.8 Å². The maximum absolute atomic E-state index is 9.51. The van der Waals surface area contributed by atoms with E-state index in [1.54, 1.807) is 6.92 Å². The van der Waals surface area contributed by atoms with E-state index >= 15 is 0 Å². The van der Waals surface area contributed by atoms with Crippen LogP contribution in [0.15, 0.2) is 17.3 Å². The molecule has 0 unspecified atom stereocenters. The largest absolute Gasteiger partial charge is 0.389 e.